The molecule has 1 heterocycles. The van der Waals surface area contributed by atoms with Gasteiger partial charge in [-0.15, -0.1) is 11.8 Å². The number of rotatable bonds is 7. The van der Waals surface area contributed by atoms with E-state index in [0.29, 0.717) is 29.8 Å². The molecule has 30 heavy (non-hydrogen) atoms. The summed E-state index contributed by atoms with van der Waals surface area (Å²) in [5.41, 5.74) is 4.66. The predicted octanol–water partition coefficient (Wildman–Crippen LogP) is 5.44. The highest BCUT2D eigenvalue weighted by atomic mass is 32.2. The van der Waals surface area contributed by atoms with E-state index < -0.39 is 0 Å². The smallest absolute Gasteiger partial charge is 0.265 e. The Morgan fingerprint density at radius 2 is 1.97 bits per heavy atom. The summed E-state index contributed by atoms with van der Waals surface area (Å²) in [6, 6.07) is 16.0. The van der Waals surface area contributed by atoms with E-state index in [2.05, 4.69) is 10.5 Å². The Morgan fingerprint density at radius 3 is 2.70 bits per heavy atom. The maximum absolute atomic E-state index is 12.8. The molecule has 0 atom stereocenters. The van der Waals surface area contributed by atoms with Crippen LogP contribution in [0, 0.1) is 5.92 Å². The molecule has 1 fully saturated rings. The van der Waals surface area contributed by atoms with Gasteiger partial charge in [0.25, 0.3) is 5.91 Å². The Hall–Kier alpha value is -2.73. The van der Waals surface area contributed by atoms with Crippen LogP contribution in [0.3, 0.4) is 0 Å². The molecule has 0 saturated heterocycles. The number of anilines is 1. The number of oxime groups is 1. The second kappa shape index (κ2) is 9.39. The highest BCUT2D eigenvalue weighted by molar-refractivity contribution is 8.04. The lowest BCUT2D eigenvalue weighted by molar-refractivity contribution is -0.112. The Labute approximate surface area is 181 Å². The van der Waals surface area contributed by atoms with Gasteiger partial charge < -0.3 is 14.9 Å². The number of ether oxygens (including phenoxy) is 1. The number of nitrogens with zero attached hydrogens (tertiary/aromatic N) is 1. The lowest BCUT2D eigenvalue weighted by Crippen LogP contribution is -2.18. The van der Waals surface area contributed by atoms with Crippen molar-refractivity contribution in [3.63, 3.8) is 0 Å². The van der Waals surface area contributed by atoms with Crippen molar-refractivity contribution < 1.29 is 14.4 Å². The van der Waals surface area contributed by atoms with E-state index in [0.717, 1.165) is 33.8 Å². The average molecular weight is 423 g/mol. The summed E-state index contributed by atoms with van der Waals surface area (Å²) in [5, 5.41) is 7.28. The van der Waals surface area contributed by atoms with Crippen molar-refractivity contribution >= 4 is 29.1 Å². The van der Waals surface area contributed by atoms with Gasteiger partial charge in [0.2, 0.25) is 0 Å². The zero-order valence-corrected chi connectivity index (χ0v) is 18.1. The third-order valence-corrected chi connectivity index (χ3v) is 6.30. The van der Waals surface area contributed by atoms with Gasteiger partial charge in [0.15, 0.2) is 0 Å². The van der Waals surface area contributed by atoms with Crippen LogP contribution in [0.1, 0.15) is 32.3 Å². The van der Waals surface area contributed by atoms with E-state index in [1.807, 2.05) is 62.4 Å². The highest BCUT2D eigenvalue weighted by Gasteiger charge is 2.22. The number of thioether (sulfide) groups is 1. The van der Waals surface area contributed by atoms with Crippen LogP contribution in [-0.4, -0.2) is 30.6 Å². The molecule has 0 radical (unpaired) electrons. The number of carbonyl (C=O) groups is 1. The monoisotopic (exact) mass is 422 g/mol. The molecule has 1 saturated carbocycles. The molecule has 4 rings (SSSR count). The Bertz CT molecular complexity index is 978. The van der Waals surface area contributed by atoms with Crippen LogP contribution in [0.4, 0.5) is 5.69 Å². The normalized spacial score (nSPS) is 16.8. The Kier molecular flexibility index (Phi) is 6.43. The van der Waals surface area contributed by atoms with Gasteiger partial charge in [0.1, 0.15) is 17.3 Å². The SMILES string of the molecule is CC1=C(C(=O)Nc2ccccc2-c2ccc(/C(C)=N\OCC3CC3)cc2)SCCO1. The second-order valence-corrected chi connectivity index (χ2v) is 8.68. The van der Waals surface area contributed by atoms with Crippen molar-refractivity contribution in [3.05, 3.63) is 64.8 Å². The summed E-state index contributed by atoms with van der Waals surface area (Å²) in [5.74, 6) is 2.03. The van der Waals surface area contributed by atoms with Crippen LogP contribution in [0.2, 0.25) is 0 Å². The fourth-order valence-electron chi connectivity index (χ4n) is 3.22. The number of nitrogens with one attached hydrogen (secondary N) is 1. The number of amides is 1. The first-order chi connectivity index (χ1) is 14.6. The van der Waals surface area contributed by atoms with Crippen molar-refractivity contribution in [2.24, 2.45) is 11.1 Å². The molecule has 0 bridgehead atoms. The first kappa shape index (κ1) is 20.5. The molecule has 1 N–H and O–H groups in total. The molecule has 0 aromatic heterocycles. The van der Waals surface area contributed by atoms with E-state index in [1.165, 1.54) is 24.6 Å². The first-order valence-electron chi connectivity index (χ1n) is 10.3. The van der Waals surface area contributed by atoms with Gasteiger partial charge in [-0.2, -0.15) is 0 Å². The average Bonchev–Trinajstić information content (AvgIpc) is 3.59. The van der Waals surface area contributed by atoms with Crippen molar-refractivity contribution in [2.45, 2.75) is 26.7 Å². The summed E-state index contributed by atoms with van der Waals surface area (Å²) in [7, 11) is 0. The van der Waals surface area contributed by atoms with Crippen LogP contribution in [0.5, 0.6) is 0 Å². The second-order valence-electron chi connectivity index (χ2n) is 7.58. The fourth-order valence-corrected chi connectivity index (χ4v) is 4.04. The maximum atomic E-state index is 12.8. The lowest BCUT2D eigenvalue weighted by atomic mass is 10.0. The summed E-state index contributed by atoms with van der Waals surface area (Å²) < 4.78 is 5.52. The van der Waals surface area contributed by atoms with E-state index >= 15 is 0 Å². The van der Waals surface area contributed by atoms with Gasteiger partial charge in [-0.05, 0) is 49.8 Å². The van der Waals surface area contributed by atoms with Crippen molar-refractivity contribution in [1.29, 1.82) is 0 Å². The topological polar surface area (TPSA) is 59.9 Å². The minimum absolute atomic E-state index is 0.128. The van der Waals surface area contributed by atoms with Crippen molar-refractivity contribution in [2.75, 3.05) is 24.3 Å². The molecule has 0 unspecified atom stereocenters. The van der Waals surface area contributed by atoms with E-state index in [1.54, 1.807) is 0 Å². The summed E-state index contributed by atoms with van der Waals surface area (Å²) in [6.07, 6.45) is 2.50. The predicted molar refractivity (Wildman–Crippen MR) is 123 cm³/mol. The van der Waals surface area contributed by atoms with E-state index in [-0.39, 0.29) is 5.91 Å². The summed E-state index contributed by atoms with van der Waals surface area (Å²) in [6.45, 7) is 5.15. The van der Waals surface area contributed by atoms with Gasteiger partial charge in [-0.3, -0.25) is 4.79 Å². The summed E-state index contributed by atoms with van der Waals surface area (Å²) in [4.78, 5) is 18.8. The van der Waals surface area contributed by atoms with Gasteiger partial charge >= 0.3 is 0 Å². The zero-order chi connectivity index (χ0) is 20.9. The van der Waals surface area contributed by atoms with E-state index in [4.69, 9.17) is 9.57 Å². The van der Waals surface area contributed by atoms with Crippen molar-refractivity contribution in [3.8, 4) is 11.1 Å². The van der Waals surface area contributed by atoms with Crippen LogP contribution < -0.4 is 5.32 Å². The molecule has 156 valence electrons. The number of hydrogen-bond acceptors (Lipinski definition) is 5. The molecule has 5 nitrogen and oxygen atoms in total. The molecule has 2 aliphatic rings. The maximum Gasteiger partial charge on any atom is 0.265 e. The molecule has 2 aromatic rings. The van der Waals surface area contributed by atoms with Gasteiger partial charge in [-0.25, -0.2) is 0 Å². The molecule has 0 spiro atoms. The molecule has 2 aromatic carbocycles. The lowest BCUT2D eigenvalue weighted by Gasteiger charge is -2.18. The zero-order valence-electron chi connectivity index (χ0n) is 17.3. The third kappa shape index (κ3) is 5.05. The highest BCUT2D eigenvalue weighted by Crippen LogP contribution is 2.31. The van der Waals surface area contributed by atoms with Crippen molar-refractivity contribution in [1.82, 2.24) is 0 Å². The number of allylic oxidation sites excluding steroid dienone is 1. The Morgan fingerprint density at radius 1 is 1.20 bits per heavy atom. The molecular formula is C24H26N2O3S. The molecular weight excluding hydrogens is 396 g/mol. The van der Waals surface area contributed by atoms with Crippen LogP contribution >= 0.6 is 11.8 Å². The van der Waals surface area contributed by atoms with Gasteiger partial charge in [0, 0.05) is 17.0 Å². The first-order valence-corrected chi connectivity index (χ1v) is 11.2. The van der Waals surface area contributed by atoms with Crippen LogP contribution in [-0.2, 0) is 14.4 Å². The van der Waals surface area contributed by atoms with E-state index in [9.17, 15) is 4.79 Å². The Balaban J connectivity index is 1.49. The largest absolute Gasteiger partial charge is 0.496 e. The molecule has 1 aliphatic carbocycles. The molecule has 1 amide bonds. The number of hydrogen-bond donors (Lipinski definition) is 1. The molecule has 6 heteroatoms. The standard InChI is InChI=1S/C24H26N2O3S/c1-16(26-29-15-18-7-8-18)19-9-11-20(12-10-19)21-5-3-4-6-22(21)25-24(27)23-17(2)28-13-14-30-23/h3-6,9-12,18H,7-8,13-15H2,1-2H3,(H,25,27)/b26-16-. The van der Waals surface area contributed by atoms with Crippen LogP contribution in [0.25, 0.3) is 11.1 Å². The molecule has 1 aliphatic heterocycles. The summed E-state index contributed by atoms with van der Waals surface area (Å²) >= 11 is 1.54. The number of benzene rings is 2. The quantitative estimate of drug-likeness (QED) is 0.477. The van der Waals surface area contributed by atoms with Gasteiger partial charge in [-0.1, -0.05) is 47.6 Å². The van der Waals surface area contributed by atoms with Gasteiger partial charge in [0.05, 0.1) is 12.3 Å². The number of para-hydroxylation sites is 1. The minimum Gasteiger partial charge on any atom is -0.496 e. The minimum atomic E-state index is -0.128. The fraction of sp³-hybridized carbons (Fsp3) is 0.333. The third-order valence-electron chi connectivity index (χ3n) is 5.17. The van der Waals surface area contributed by atoms with Crippen LogP contribution in [0.15, 0.2) is 64.4 Å². The number of carbonyl (C=O) groups excluding carboxylic acids is 1.